The lowest BCUT2D eigenvalue weighted by Gasteiger charge is -2.24. The van der Waals surface area contributed by atoms with Crippen LogP contribution in [0.4, 0.5) is 0 Å². The summed E-state index contributed by atoms with van der Waals surface area (Å²) in [4.78, 5) is 21.5. The summed E-state index contributed by atoms with van der Waals surface area (Å²) in [5.41, 5.74) is 3.87. The number of hydrogen-bond acceptors (Lipinski definition) is 6. The van der Waals surface area contributed by atoms with Gasteiger partial charge < -0.3 is 14.8 Å². The molecule has 2 heterocycles. The number of aryl methyl sites for hydroxylation is 2. The van der Waals surface area contributed by atoms with Crippen LogP contribution in [0, 0.1) is 19.8 Å². The Labute approximate surface area is 189 Å². The standard InChI is InChI=1S/C24H33N5O3/c1-7-31-20-11-9-18(13-21(20)32-8-2)23(15(3)4)28-22(30)12-10-19-16(5)27-24-25-14-26-29(24)17(19)6/h9,11,13-15,23H,7-8,10,12H2,1-6H3,(H,28,30). The van der Waals surface area contributed by atoms with Gasteiger partial charge in [0, 0.05) is 17.8 Å². The van der Waals surface area contributed by atoms with Crippen LogP contribution in [0.3, 0.4) is 0 Å². The minimum absolute atomic E-state index is 0.00645. The molecule has 0 fully saturated rings. The summed E-state index contributed by atoms with van der Waals surface area (Å²) in [7, 11) is 0. The van der Waals surface area contributed by atoms with Gasteiger partial charge in [0.05, 0.1) is 19.3 Å². The summed E-state index contributed by atoms with van der Waals surface area (Å²) in [5, 5.41) is 7.43. The Morgan fingerprint density at radius 3 is 2.53 bits per heavy atom. The third kappa shape index (κ3) is 5.18. The summed E-state index contributed by atoms with van der Waals surface area (Å²) in [6.07, 6.45) is 2.44. The van der Waals surface area contributed by atoms with Gasteiger partial charge in [-0.3, -0.25) is 4.79 Å². The summed E-state index contributed by atoms with van der Waals surface area (Å²) < 4.78 is 13.2. The smallest absolute Gasteiger partial charge is 0.252 e. The van der Waals surface area contributed by atoms with E-state index in [2.05, 4.69) is 34.2 Å². The van der Waals surface area contributed by atoms with E-state index in [1.807, 2.05) is 45.9 Å². The maximum absolute atomic E-state index is 12.9. The van der Waals surface area contributed by atoms with Crippen molar-refractivity contribution in [3.63, 3.8) is 0 Å². The number of hydrogen-bond donors (Lipinski definition) is 1. The third-order valence-corrected chi connectivity index (χ3v) is 5.50. The zero-order valence-electron chi connectivity index (χ0n) is 19.8. The van der Waals surface area contributed by atoms with Crippen molar-refractivity contribution < 1.29 is 14.3 Å². The van der Waals surface area contributed by atoms with Crippen LogP contribution in [-0.4, -0.2) is 38.7 Å². The molecule has 0 aliphatic carbocycles. The van der Waals surface area contributed by atoms with Crippen molar-refractivity contribution in [1.29, 1.82) is 0 Å². The van der Waals surface area contributed by atoms with Crippen molar-refractivity contribution in [2.75, 3.05) is 13.2 Å². The Morgan fingerprint density at radius 1 is 1.12 bits per heavy atom. The average molecular weight is 440 g/mol. The largest absolute Gasteiger partial charge is 0.490 e. The van der Waals surface area contributed by atoms with Gasteiger partial charge in [-0.15, -0.1) is 0 Å². The van der Waals surface area contributed by atoms with E-state index in [0.717, 1.165) is 22.5 Å². The van der Waals surface area contributed by atoms with Gasteiger partial charge in [-0.2, -0.15) is 10.1 Å². The molecule has 0 saturated heterocycles. The van der Waals surface area contributed by atoms with E-state index in [-0.39, 0.29) is 17.9 Å². The second-order valence-electron chi connectivity index (χ2n) is 8.09. The molecule has 1 atom stereocenters. The first-order chi connectivity index (χ1) is 15.3. The predicted octanol–water partition coefficient (Wildman–Crippen LogP) is 3.98. The lowest BCUT2D eigenvalue weighted by atomic mass is 9.95. The van der Waals surface area contributed by atoms with Crippen LogP contribution >= 0.6 is 0 Å². The molecule has 172 valence electrons. The fourth-order valence-electron chi connectivity index (χ4n) is 3.90. The molecule has 0 radical (unpaired) electrons. The van der Waals surface area contributed by atoms with Crippen LogP contribution < -0.4 is 14.8 Å². The first-order valence-electron chi connectivity index (χ1n) is 11.2. The van der Waals surface area contributed by atoms with E-state index in [0.29, 0.717) is 43.3 Å². The molecule has 8 heteroatoms. The van der Waals surface area contributed by atoms with Crippen molar-refractivity contribution in [2.24, 2.45) is 5.92 Å². The molecular weight excluding hydrogens is 406 g/mol. The van der Waals surface area contributed by atoms with Gasteiger partial charge in [0.2, 0.25) is 5.91 Å². The molecule has 3 aromatic rings. The van der Waals surface area contributed by atoms with E-state index in [9.17, 15) is 4.79 Å². The first-order valence-corrected chi connectivity index (χ1v) is 11.2. The van der Waals surface area contributed by atoms with Gasteiger partial charge >= 0.3 is 0 Å². The Bertz CT molecular complexity index is 1080. The Hall–Kier alpha value is -3.16. The Kier molecular flexibility index (Phi) is 7.66. The second-order valence-corrected chi connectivity index (χ2v) is 8.09. The highest BCUT2D eigenvalue weighted by atomic mass is 16.5. The van der Waals surface area contributed by atoms with Gasteiger partial charge in [0.1, 0.15) is 6.33 Å². The quantitative estimate of drug-likeness (QED) is 0.514. The molecule has 0 bridgehead atoms. The topological polar surface area (TPSA) is 90.6 Å². The predicted molar refractivity (Wildman–Crippen MR) is 123 cm³/mol. The lowest BCUT2D eigenvalue weighted by molar-refractivity contribution is -0.122. The van der Waals surface area contributed by atoms with Crippen LogP contribution in [0.1, 0.15) is 62.7 Å². The number of carbonyl (C=O) groups excluding carboxylic acids is 1. The van der Waals surface area contributed by atoms with E-state index in [1.54, 1.807) is 4.52 Å². The van der Waals surface area contributed by atoms with E-state index < -0.39 is 0 Å². The molecule has 0 aliphatic heterocycles. The van der Waals surface area contributed by atoms with Crippen molar-refractivity contribution >= 4 is 11.7 Å². The lowest BCUT2D eigenvalue weighted by Crippen LogP contribution is -2.32. The molecule has 0 saturated carbocycles. The van der Waals surface area contributed by atoms with Gasteiger partial charge in [-0.1, -0.05) is 19.9 Å². The van der Waals surface area contributed by atoms with E-state index in [1.165, 1.54) is 6.33 Å². The molecule has 1 amide bonds. The minimum atomic E-state index is -0.129. The molecule has 32 heavy (non-hydrogen) atoms. The zero-order valence-corrected chi connectivity index (χ0v) is 19.8. The summed E-state index contributed by atoms with van der Waals surface area (Å²) in [6.45, 7) is 13.1. The Balaban J connectivity index is 1.74. The third-order valence-electron chi connectivity index (χ3n) is 5.50. The number of nitrogens with zero attached hydrogens (tertiary/aromatic N) is 4. The van der Waals surface area contributed by atoms with Gasteiger partial charge in [0.25, 0.3) is 5.78 Å². The van der Waals surface area contributed by atoms with Gasteiger partial charge in [0.15, 0.2) is 11.5 Å². The van der Waals surface area contributed by atoms with Crippen LogP contribution in [0.15, 0.2) is 24.5 Å². The number of fused-ring (bicyclic) bond motifs is 1. The molecule has 3 rings (SSSR count). The van der Waals surface area contributed by atoms with E-state index >= 15 is 0 Å². The second kappa shape index (κ2) is 10.4. The molecular formula is C24H33N5O3. The van der Waals surface area contributed by atoms with Crippen LogP contribution in [0.5, 0.6) is 11.5 Å². The molecule has 2 aromatic heterocycles. The molecule has 1 aromatic carbocycles. The van der Waals surface area contributed by atoms with Gasteiger partial charge in [-0.05, 0) is 63.3 Å². The fourth-order valence-corrected chi connectivity index (χ4v) is 3.90. The highest BCUT2D eigenvalue weighted by molar-refractivity contribution is 5.77. The number of carbonyl (C=O) groups is 1. The molecule has 1 N–H and O–H groups in total. The number of nitrogens with one attached hydrogen (secondary N) is 1. The number of amides is 1. The van der Waals surface area contributed by atoms with Crippen molar-refractivity contribution in [3.8, 4) is 11.5 Å². The maximum Gasteiger partial charge on any atom is 0.252 e. The van der Waals surface area contributed by atoms with Crippen molar-refractivity contribution in [1.82, 2.24) is 24.9 Å². The number of ether oxygens (including phenoxy) is 2. The minimum Gasteiger partial charge on any atom is -0.490 e. The summed E-state index contributed by atoms with van der Waals surface area (Å²) in [6, 6.07) is 5.75. The summed E-state index contributed by atoms with van der Waals surface area (Å²) >= 11 is 0. The first kappa shape index (κ1) is 23.5. The molecule has 1 unspecified atom stereocenters. The molecule has 8 nitrogen and oxygen atoms in total. The number of aromatic nitrogens is 4. The monoisotopic (exact) mass is 439 g/mol. The van der Waals surface area contributed by atoms with Crippen LogP contribution in [-0.2, 0) is 11.2 Å². The average Bonchev–Trinajstić information content (AvgIpc) is 3.22. The number of rotatable bonds is 10. The van der Waals surface area contributed by atoms with Crippen LogP contribution in [0.2, 0.25) is 0 Å². The Morgan fingerprint density at radius 2 is 1.84 bits per heavy atom. The zero-order chi connectivity index (χ0) is 23.3. The fraction of sp³-hybridized carbons (Fsp3) is 0.500. The van der Waals surface area contributed by atoms with Crippen LogP contribution in [0.25, 0.3) is 5.78 Å². The highest BCUT2D eigenvalue weighted by Gasteiger charge is 2.21. The maximum atomic E-state index is 12.9. The molecule has 0 aliphatic rings. The van der Waals surface area contributed by atoms with E-state index in [4.69, 9.17) is 9.47 Å². The van der Waals surface area contributed by atoms with Gasteiger partial charge in [-0.25, -0.2) is 9.50 Å². The van der Waals surface area contributed by atoms with Crippen molar-refractivity contribution in [3.05, 3.63) is 47.0 Å². The summed E-state index contributed by atoms with van der Waals surface area (Å²) in [5.74, 6) is 2.20. The molecule has 0 spiro atoms. The van der Waals surface area contributed by atoms with Crippen molar-refractivity contribution in [2.45, 2.75) is 60.4 Å². The number of benzene rings is 1. The SMILES string of the molecule is CCOc1ccc(C(NC(=O)CCc2c(C)nc3ncnn3c2C)C(C)C)cc1OCC. The highest BCUT2D eigenvalue weighted by Crippen LogP contribution is 2.33. The normalized spacial score (nSPS) is 12.2.